The van der Waals surface area contributed by atoms with Gasteiger partial charge in [-0.3, -0.25) is 0 Å². The van der Waals surface area contributed by atoms with Crippen molar-refractivity contribution in [3.8, 4) is 0 Å². The van der Waals surface area contributed by atoms with Crippen LogP contribution >= 0.6 is 0 Å². The molecule has 4 heteroatoms. The second kappa shape index (κ2) is 4.16. The molecule has 1 aliphatic heterocycles. The van der Waals surface area contributed by atoms with Crippen LogP contribution in [0.3, 0.4) is 0 Å². The molecule has 1 atom stereocenters. The van der Waals surface area contributed by atoms with Crippen molar-refractivity contribution in [1.29, 1.82) is 0 Å². The lowest BCUT2D eigenvalue weighted by Crippen LogP contribution is -2.45. The summed E-state index contributed by atoms with van der Waals surface area (Å²) < 4.78 is 5.37. The van der Waals surface area contributed by atoms with Gasteiger partial charge < -0.3 is 15.4 Å². The second-order valence-corrected chi connectivity index (χ2v) is 6.66. The normalized spacial score (nSPS) is 29.5. The molecular formula is C13H24N2O2. The molecule has 1 saturated heterocycles. The average Bonchev–Trinajstić information content (AvgIpc) is 2.84. The number of amides is 1. The summed E-state index contributed by atoms with van der Waals surface area (Å²) in [5.74, 6) is 0.804. The molecule has 0 radical (unpaired) electrons. The lowest BCUT2D eigenvalue weighted by Gasteiger charge is -2.27. The number of likely N-dealkylation sites (tertiary alicyclic amines) is 1. The zero-order valence-electron chi connectivity index (χ0n) is 11.2. The van der Waals surface area contributed by atoms with E-state index in [1.807, 2.05) is 20.8 Å². The monoisotopic (exact) mass is 240 g/mol. The van der Waals surface area contributed by atoms with Gasteiger partial charge in [-0.05, 0) is 39.5 Å². The minimum atomic E-state index is -0.423. The smallest absolute Gasteiger partial charge is 0.410 e. The number of rotatable bonds is 2. The van der Waals surface area contributed by atoms with Crippen LogP contribution in [0, 0.1) is 5.92 Å². The number of carbonyl (C=O) groups is 1. The second-order valence-electron chi connectivity index (χ2n) is 6.66. The minimum Gasteiger partial charge on any atom is -0.444 e. The summed E-state index contributed by atoms with van der Waals surface area (Å²) in [5, 5.41) is 0. The van der Waals surface area contributed by atoms with Gasteiger partial charge >= 0.3 is 6.09 Å². The summed E-state index contributed by atoms with van der Waals surface area (Å²) in [4.78, 5) is 13.7. The van der Waals surface area contributed by atoms with E-state index in [0.717, 1.165) is 25.3 Å². The third-order valence-electron chi connectivity index (χ3n) is 3.43. The first-order valence-corrected chi connectivity index (χ1v) is 6.54. The van der Waals surface area contributed by atoms with Gasteiger partial charge in [0.15, 0.2) is 0 Å². The highest BCUT2D eigenvalue weighted by Crippen LogP contribution is 2.39. The maximum Gasteiger partial charge on any atom is 0.410 e. The van der Waals surface area contributed by atoms with E-state index in [1.54, 1.807) is 4.90 Å². The van der Waals surface area contributed by atoms with E-state index in [1.165, 1.54) is 12.8 Å². The van der Waals surface area contributed by atoms with Gasteiger partial charge in [0.05, 0.1) is 0 Å². The fourth-order valence-corrected chi connectivity index (χ4v) is 2.44. The summed E-state index contributed by atoms with van der Waals surface area (Å²) in [6, 6.07) is 0. The largest absolute Gasteiger partial charge is 0.444 e. The predicted molar refractivity (Wildman–Crippen MR) is 66.7 cm³/mol. The van der Waals surface area contributed by atoms with Crippen molar-refractivity contribution in [3.63, 3.8) is 0 Å². The first kappa shape index (κ1) is 12.7. The highest BCUT2D eigenvalue weighted by Gasteiger charge is 2.41. The number of nitrogens with two attached hydrogens (primary N) is 1. The van der Waals surface area contributed by atoms with E-state index < -0.39 is 5.60 Å². The molecule has 0 spiro atoms. The maximum atomic E-state index is 11.9. The highest BCUT2D eigenvalue weighted by atomic mass is 16.6. The zero-order chi connectivity index (χ0) is 12.7. The molecule has 0 aromatic carbocycles. The van der Waals surface area contributed by atoms with Gasteiger partial charge in [0.2, 0.25) is 0 Å². The summed E-state index contributed by atoms with van der Waals surface area (Å²) >= 11 is 0. The Hall–Kier alpha value is -0.770. The number of hydrogen-bond donors (Lipinski definition) is 1. The Balaban J connectivity index is 1.85. The van der Waals surface area contributed by atoms with E-state index in [-0.39, 0.29) is 11.6 Å². The fraction of sp³-hybridized carbons (Fsp3) is 0.923. The third kappa shape index (κ3) is 3.60. The van der Waals surface area contributed by atoms with Crippen LogP contribution in [0.25, 0.3) is 0 Å². The first-order valence-electron chi connectivity index (χ1n) is 6.54. The van der Waals surface area contributed by atoms with Crippen molar-refractivity contribution in [1.82, 2.24) is 4.90 Å². The quantitative estimate of drug-likeness (QED) is 0.804. The number of ether oxygens (including phenoxy) is 1. The van der Waals surface area contributed by atoms with Crippen molar-refractivity contribution >= 4 is 6.09 Å². The summed E-state index contributed by atoms with van der Waals surface area (Å²) in [6.45, 7) is 7.05. The molecule has 17 heavy (non-hydrogen) atoms. The van der Waals surface area contributed by atoms with Crippen LogP contribution in [0.4, 0.5) is 4.79 Å². The SMILES string of the molecule is CC(C)(C)OC(=O)N1CCC(N)(CC2CC2)C1. The van der Waals surface area contributed by atoms with Gasteiger partial charge in [-0.15, -0.1) is 0 Å². The zero-order valence-corrected chi connectivity index (χ0v) is 11.2. The van der Waals surface area contributed by atoms with Crippen LogP contribution in [-0.2, 0) is 4.74 Å². The van der Waals surface area contributed by atoms with E-state index in [4.69, 9.17) is 10.5 Å². The van der Waals surface area contributed by atoms with Crippen LogP contribution in [0.2, 0.25) is 0 Å². The number of hydrogen-bond acceptors (Lipinski definition) is 3. The van der Waals surface area contributed by atoms with E-state index >= 15 is 0 Å². The molecular weight excluding hydrogens is 216 g/mol. The lowest BCUT2D eigenvalue weighted by molar-refractivity contribution is 0.0283. The van der Waals surface area contributed by atoms with Crippen molar-refractivity contribution < 1.29 is 9.53 Å². The van der Waals surface area contributed by atoms with Gasteiger partial charge in [-0.1, -0.05) is 12.8 Å². The van der Waals surface area contributed by atoms with Gasteiger partial charge in [0, 0.05) is 18.6 Å². The first-order chi connectivity index (χ1) is 7.77. The number of carbonyl (C=O) groups excluding carboxylic acids is 1. The van der Waals surface area contributed by atoms with Crippen molar-refractivity contribution in [2.24, 2.45) is 11.7 Å². The molecule has 98 valence electrons. The third-order valence-corrected chi connectivity index (χ3v) is 3.43. The van der Waals surface area contributed by atoms with Gasteiger partial charge in [-0.2, -0.15) is 0 Å². The Morgan fingerprint density at radius 2 is 2.12 bits per heavy atom. The molecule has 2 aliphatic rings. The Morgan fingerprint density at radius 1 is 1.47 bits per heavy atom. The molecule has 0 aromatic heterocycles. The van der Waals surface area contributed by atoms with E-state index in [9.17, 15) is 4.79 Å². The summed E-state index contributed by atoms with van der Waals surface area (Å²) in [6.07, 6.45) is 4.37. The van der Waals surface area contributed by atoms with Crippen LogP contribution in [-0.4, -0.2) is 35.2 Å². The van der Waals surface area contributed by atoms with Crippen LogP contribution in [0.1, 0.15) is 46.5 Å². The minimum absolute atomic E-state index is 0.169. The average molecular weight is 240 g/mol. The van der Waals surface area contributed by atoms with Gasteiger partial charge in [0.1, 0.15) is 5.60 Å². The Bertz CT molecular complexity index is 307. The maximum absolute atomic E-state index is 11.9. The summed E-state index contributed by atoms with van der Waals surface area (Å²) in [5.41, 5.74) is 5.75. The Labute approximate surface area is 103 Å². The molecule has 1 aliphatic carbocycles. The highest BCUT2D eigenvalue weighted by molar-refractivity contribution is 5.68. The van der Waals surface area contributed by atoms with Crippen molar-refractivity contribution in [3.05, 3.63) is 0 Å². The van der Waals surface area contributed by atoms with E-state index in [2.05, 4.69) is 0 Å². The Kier molecular flexibility index (Phi) is 3.10. The molecule has 2 rings (SSSR count). The number of nitrogens with zero attached hydrogens (tertiary/aromatic N) is 1. The fourth-order valence-electron chi connectivity index (χ4n) is 2.44. The van der Waals surface area contributed by atoms with E-state index in [0.29, 0.717) is 6.54 Å². The molecule has 4 nitrogen and oxygen atoms in total. The Morgan fingerprint density at radius 3 is 2.65 bits per heavy atom. The van der Waals surface area contributed by atoms with Crippen LogP contribution < -0.4 is 5.73 Å². The van der Waals surface area contributed by atoms with Gasteiger partial charge in [-0.25, -0.2) is 4.79 Å². The molecule has 1 unspecified atom stereocenters. The standard InChI is InChI=1S/C13H24N2O2/c1-12(2,3)17-11(16)15-7-6-13(14,9-15)8-10-4-5-10/h10H,4-9,14H2,1-3H3. The topological polar surface area (TPSA) is 55.6 Å². The molecule has 0 bridgehead atoms. The lowest BCUT2D eigenvalue weighted by atomic mass is 9.93. The molecule has 2 fully saturated rings. The van der Waals surface area contributed by atoms with Crippen molar-refractivity contribution in [2.45, 2.75) is 57.6 Å². The molecule has 1 heterocycles. The van der Waals surface area contributed by atoms with Gasteiger partial charge in [0.25, 0.3) is 0 Å². The molecule has 2 N–H and O–H groups in total. The predicted octanol–water partition coefficient (Wildman–Crippen LogP) is 2.12. The summed E-state index contributed by atoms with van der Waals surface area (Å²) in [7, 11) is 0. The molecule has 1 saturated carbocycles. The van der Waals surface area contributed by atoms with Crippen LogP contribution in [0.15, 0.2) is 0 Å². The molecule has 0 aromatic rings. The molecule has 1 amide bonds. The van der Waals surface area contributed by atoms with Crippen molar-refractivity contribution in [2.75, 3.05) is 13.1 Å². The van der Waals surface area contributed by atoms with Crippen LogP contribution in [0.5, 0.6) is 0 Å².